The van der Waals surface area contributed by atoms with Crippen LogP contribution in [-0.2, 0) is 6.54 Å². The number of halogens is 1. The lowest BCUT2D eigenvalue weighted by Crippen LogP contribution is -2.45. The van der Waals surface area contributed by atoms with E-state index in [4.69, 9.17) is 4.42 Å². The van der Waals surface area contributed by atoms with E-state index in [-0.39, 0.29) is 24.0 Å². The number of hydrogen-bond acceptors (Lipinski definition) is 4. The summed E-state index contributed by atoms with van der Waals surface area (Å²) in [5, 5.41) is 6.67. The Morgan fingerprint density at radius 3 is 2.61 bits per heavy atom. The van der Waals surface area contributed by atoms with E-state index in [1.807, 2.05) is 13.8 Å². The van der Waals surface area contributed by atoms with Gasteiger partial charge in [0.15, 0.2) is 5.96 Å². The van der Waals surface area contributed by atoms with Gasteiger partial charge in [-0.15, -0.1) is 24.0 Å². The molecule has 1 unspecified atom stereocenters. The highest BCUT2D eigenvalue weighted by Crippen LogP contribution is 2.26. The molecule has 6 nitrogen and oxygen atoms in total. The molecule has 1 saturated carbocycles. The van der Waals surface area contributed by atoms with E-state index in [0.717, 1.165) is 36.5 Å². The summed E-state index contributed by atoms with van der Waals surface area (Å²) in [6.45, 7) is 10.4. The van der Waals surface area contributed by atoms with Gasteiger partial charge in [0, 0.05) is 25.2 Å². The third kappa shape index (κ3) is 6.29. The molecule has 0 spiro atoms. The molecule has 1 aliphatic rings. The number of guanidine groups is 1. The second-order valence-corrected chi connectivity index (χ2v) is 6.07. The summed E-state index contributed by atoms with van der Waals surface area (Å²) in [4.78, 5) is 11.4. The molecular weight excluding hydrogens is 405 g/mol. The Morgan fingerprint density at radius 1 is 1.39 bits per heavy atom. The SMILES string of the molecule is CCNC(=NCc1nc(C)c(C)o1)NCC(C)N(C)C1CC1.I. The van der Waals surface area contributed by atoms with Crippen LogP contribution in [-0.4, -0.2) is 48.1 Å². The zero-order chi connectivity index (χ0) is 16.1. The van der Waals surface area contributed by atoms with E-state index >= 15 is 0 Å². The first-order valence-electron chi connectivity index (χ1n) is 8.18. The van der Waals surface area contributed by atoms with Crippen LogP contribution in [0.3, 0.4) is 0 Å². The van der Waals surface area contributed by atoms with Crippen LogP contribution in [0.15, 0.2) is 9.41 Å². The maximum Gasteiger partial charge on any atom is 0.216 e. The zero-order valence-electron chi connectivity index (χ0n) is 14.8. The lowest BCUT2D eigenvalue weighted by molar-refractivity contribution is 0.247. The minimum Gasteiger partial charge on any atom is -0.444 e. The summed E-state index contributed by atoms with van der Waals surface area (Å²) in [6.07, 6.45) is 2.66. The molecule has 1 heterocycles. The highest BCUT2D eigenvalue weighted by Gasteiger charge is 2.28. The molecule has 23 heavy (non-hydrogen) atoms. The molecule has 1 aliphatic carbocycles. The molecule has 0 aromatic carbocycles. The fourth-order valence-corrected chi connectivity index (χ4v) is 2.33. The van der Waals surface area contributed by atoms with Gasteiger partial charge < -0.3 is 15.1 Å². The van der Waals surface area contributed by atoms with Crippen molar-refractivity contribution in [3.05, 3.63) is 17.3 Å². The van der Waals surface area contributed by atoms with Crippen molar-refractivity contribution >= 4 is 29.9 Å². The van der Waals surface area contributed by atoms with Crippen LogP contribution < -0.4 is 10.6 Å². The second kappa shape index (κ2) is 9.46. The molecule has 0 bridgehead atoms. The van der Waals surface area contributed by atoms with E-state index in [1.54, 1.807) is 0 Å². The standard InChI is InChI=1S/C16H29N5O.HI/c1-6-17-16(18-9-11(2)21(5)14-7-8-14)19-10-15-20-12(3)13(4)22-15;/h11,14H,6-10H2,1-5H3,(H2,17,18,19);1H. The van der Waals surface area contributed by atoms with Gasteiger partial charge in [0.05, 0.1) is 5.69 Å². The normalized spacial score (nSPS) is 16.2. The minimum atomic E-state index is 0. The number of oxazole rings is 1. The van der Waals surface area contributed by atoms with Crippen LogP contribution in [0.25, 0.3) is 0 Å². The molecule has 1 fully saturated rings. The predicted molar refractivity (Wildman–Crippen MR) is 104 cm³/mol. The third-order valence-corrected chi connectivity index (χ3v) is 4.17. The average molecular weight is 435 g/mol. The number of aliphatic imine (C=N–C) groups is 1. The largest absolute Gasteiger partial charge is 0.444 e. The van der Waals surface area contributed by atoms with Crippen molar-refractivity contribution in [2.45, 2.75) is 59.2 Å². The maximum absolute atomic E-state index is 5.56. The van der Waals surface area contributed by atoms with Gasteiger partial charge in [-0.2, -0.15) is 0 Å². The molecule has 7 heteroatoms. The Labute approximate surface area is 156 Å². The first kappa shape index (κ1) is 20.2. The van der Waals surface area contributed by atoms with Gasteiger partial charge in [0.1, 0.15) is 12.3 Å². The predicted octanol–water partition coefficient (Wildman–Crippen LogP) is 2.45. The first-order valence-corrected chi connectivity index (χ1v) is 8.18. The van der Waals surface area contributed by atoms with Gasteiger partial charge in [-0.25, -0.2) is 9.98 Å². The highest BCUT2D eigenvalue weighted by molar-refractivity contribution is 14.0. The van der Waals surface area contributed by atoms with Gasteiger partial charge in [0.2, 0.25) is 5.89 Å². The molecule has 0 saturated heterocycles. The molecule has 0 aliphatic heterocycles. The molecule has 2 rings (SSSR count). The highest BCUT2D eigenvalue weighted by atomic mass is 127. The van der Waals surface area contributed by atoms with Crippen molar-refractivity contribution in [3.63, 3.8) is 0 Å². The summed E-state index contributed by atoms with van der Waals surface area (Å²) in [5.74, 6) is 2.34. The van der Waals surface area contributed by atoms with Gasteiger partial charge in [-0.3, -0.25) is 4.90 Å². The lowest BCUT2D eigenvalue weighted by atomic mass is 10.3. The molecule has 1 aromatic heterocycles. The Bertz CT molecular complexity index is 493. The van der Waals surface area contributed by atoms with Gasteiger partial charge in [0.25, 0.3) is 0 Å². The number of nitrogens with one attached hydrogen (secondary N) is 2. The number of aromatic nitrogens is 1. The van der Waals surface area contributed by atoms with Crippen molar-refractivity contribution in [1.82, 2.24) is 20.5 Å². The number of nitrogens with zero attached hydrogens (tertiary/aromatic N) is 3. The molecule has 1 atom stereocenters. The van der Waals surface area contributed by atoms with E-state index in [2.05, 4.69) is 46.4 Å². The van der Waals surface area contributed by atoms with Crippen molar-refractivity contribution < 1.29 is 4.42 Å². The Kier molecular flexibility index (Phi) is 8.32. The molecule has 1 aromatic rings. The van der Waals surface area contributed by atoms with Crippen LogP contribution >= 0.6 is 24.0 Å². The smallest absolute Gasteiger partial charge is 0.216 e. The summed E-state index contributed by atoms with van der Waals surface area (Å²) >= 11 is 0. The summed E-state index contributed by atoms with van der Waals surface area (Å²) in [5.41, 5.74) is 0.933. The fourth-order valence-electron chi connectivity index (χ4n) is 2.33. The Balaban J connectivity index is 0.00000264. The third-order valence-electron chi connectivity index (χ3n) is 4.17. The van der Waals surface area contributed by atoms with Gasteiger partial charge in [-0.1, -0.05) is 0 Å². The topological polar surface area (TPSA) is 65.7 Å². The molecule has 132 valence electrons. The Hall–Kier alpha value is -0.830. The van der Waals surface area contributed by atoms with Crippen LogP contribution in [0.2, 0.25) is 0 Å². The number of rotatable bonds is 7. The van der Waals surface area contributed by atoms with E-state index in [1.165, 1.54) is 12.8 Å². The van der Waals surface area contributed by atoms with Crippen LogP contribution in [0.1, 0.15) is 44.0 Å². The van der Waals surface area contributed by atoms with Gasteiger partial charge >= 0.3 is 0 Å². The maximum atomic E-state index is 5.56. The molecular formula is C16H30IN5O. The van der Waals surface area contributed by atoms with E-state index in [9.17, 15) is 0 Å². The van der Waals surface area contributed by atoms with Crippen molar-refractivity contribution in [3.8, 4) is 0 Å². The average Bonchev–Trinajstić information content (AvgIpc) is 3.28. The quantitative estimate of drug-likeness (QED) is 0.392. The first-order chi connectivity index (χ1) is 10.5. The lowest BCUT2D eigenvalue weighted by Gasteiger charge is -2.25. The van der Waals surface area contributed by atoms with Crippen molar-refractivity contribution in [2.75, 3.05) is 20.1 Å². The van der Waals surface area contributed by atoms with Crippen molar-refractivity contribution in [2.24, 2.45) is 4.99 Å². The minimum absolute atomic E-state index is 0. The molecule has 2 N–H and O–H groups in total. The van der Waals surface area contributed by atoms with Crippen LogP contribution in [0, 0.1) is 13.8 Å². The summed E-state index contributed by atoms with van der Waals surface area (Å²) in [6, 6.07) is 1.26. The molecule has 0 radical (unpaired) electrons. The van der Waals surface area contributed by atoms with E-state index < -0.39 is 0 Å². The zero-order valence-corrected chi connectivity index (χ0v) is 17.2. The number of likely N-dealkylation sites (N-methyl/N-ethyl adjacent to an activating group) is 1. The monoisotopic (exact) mass is 435 g/mol. The number of hydrogen-bond donors (Lipinski definition) is 2. The summed E-state index contributed by atoms with van der Waals surface area (Å²) in [7, 11) is 2.20. The van der Waals surface area contributed by atoms with Crippen LogP contribution in [0.5, 0.6) is 0 Å². The fraction of sp³-hybridized carbons (Fsp3) is 0.750. The van der Waals surface area contributed by atoms with Crippen LogP contribution in [0.4, 0.5) is 0 Å². The Morgan fingerprint density at radius 2 is 2.09 bits per heavy atom. The number of aryl methyl sites for hydroxylation is 2. The molecule has 0 amide bonds. The van der Waals surface area contributed by atoms with Gasteiger partial charge in [-0.05, 0) is 47.6 Å². The second-order valence-electron chi connectivity index (χ2n) is 6.07. The van der Waals surface area contributed by atoms with Crippen molar-refractivity contribution in [1.29, 1.82) is 0 Å². The summed E-state index contributed by atoms with van der Waals surface area (Å²) < 4.78 is 5.56. The van der Waals surface area contributed by atoms with E-state index in [0.29, 0.717) is 18.5 Å².